The third-order valence-corrected chi connectivity index (χ3v) is 5.84. The van der Waals surface area contributed by atoms with Crippen molar-refractivity contribution in [2.45, 2.75) is 56.8 Å². The second-order valence-corrected chi connectivity index (χ2v) is 7.38. The number of hydrogen-bond acceptors (Lipinski definition) is 3. The average molecular weight is 260 g/mol. The van der Waals surface area contributed by atoms with Crippen LogP contribution in [0.1, 0.15) is 63.0 Å². The van der Waals surface area contributed by atoms with Gasteiger partial charge in [0.1, 0.15) is 5.82 Å². The van der Waals surface area contributed by atoms with Gasteiger partial charge in [-0.2, -0.15) is 5.10 Å². The zero-order valence-electron chi connectivity index (χ0n) is 11.7. The highest BCUT2D eigenvalue weighted by Crippen LogP contribution is 2.60. The molecule has 0 radical (unpaired) electrons. The lowest BCUT2D eigenvalue weighted by atomic mass is 9.49. The van der Waals surface area contributed by atoms with E-state index < -0.39 is 0 Å². The summed E-state index contributed by atoms with van der Waals surface area (Å²) in [5, 5.41) is 7.72. The fourth-order valence-electron chi connectivity index (χ4n) is 5.23. The summed E-state index contributed by atoms with van der Waals surface area (Å²) in [7, 11) is 0. The number of nitrogens with one attached hydrogen (secondary N) is 1. The average Bonchev–Trinajstić information content (AvgIpc) is 2.86. The van der Waals surface area contributed by atoms with E-state index in [0.29, 0.717) is 12.0 Å². The van der Waals surface area contributed by atoms with Gasteiger partial charge in [0, 0.05) is 17.9 Å². The third kappa shape index (κ3) is 1.76. The van der Waals surface area contributed by atoms with Crippen molar-refractivity contribution < 1.29 is 0 Å². The van der Waals surface area contributed by atoms with E-state index in [1.807, 2.05) is 0 Å². The molecule has 1 aromatic heterocycles. The Morgan fingerprint density at radius 2 is 1.79 bits per heavy atom. The monoisotopic (exact) mass is 260 g/mol. The smallest absolute Gasteiger partial charge is 0.156 e. The van der Waals surface area contributed by atoms with E-state index in [1.54, 1.807) is 0 Å². The molecule has 4 saturated carbocycles. The maximum absolute atomic E-state index is 5.73. The van der Waals surface area contributed by atoms with Crippen molar-refractivity contribution in [1.82, 2.24) is 15.2 Å². The van der Waals surface area contributed by atoms with Gasteiger partial charge >= 0.3 is 0 Å². The number of hydrogen-bond donors (Lipinski definition) is 2. The van der Waals surface area contributed by atoms with E-state index in [4.69, 9.17) is 10.7 Å². The Labute approximate surface area is 114 Å². The predicted octanol–water partition coefficient (Wildman–Crippen LogP) is 2.33. The van der Waals surface area contributed by atoms with Crippen molar-refractivity contribution in [1.29, 1.82) is 0 Å². The van der Waals surface area contributed by atoms with Crippen molar-refractivity contribution in [3.63, 3.8) is 0 Å². The molecule has 104 valence electrons. The summed E-state index contributed by atoms with van der Waals surface area (Å²) >= 11 is 0. The zero-order valence-corrected chi connectivity index (χ0v) is 11.7. The highest BCUT2D eigenvalue weighted by Gasteiger charge is 2.53. The van der Waals surface area contributed by atoms with Crippen LogP contribution >= 0.6 is 0 Å². The number of H-pyrrole nitrogens is 1. The Bertz CT molecular complexity index is 443. The molecule has 4 heteroatoms. The SMILES string of the molecule is CC(CN)c1nc(C23CC4CC(CC(C4)C2)C3)n[nH]1. The van der Waals surface area contributed by atoms with Gasteiger partial charge in [0.2, 0.25) is 0 Å². The van der Waals surface area contributed by atoms with Crippen LogP contribution in [0, 0.1) is 17.8 Å². The topological polar surface area (TPSA) is 67.6 Å². The summed E-state index contributed by atoms with van der Waals surface area (Å²) in [6.07, 6.45) is 8.38. The van der Waals surface area contributed by atoms with E-state index >= 15 is 0 Å². The summed E-state index contributed by atoms with van der Waals surface area (Å²) < 4.78 is 0. The van der Waals surface area contributed by atoms with Crippen LogP contribution in [0.2, 0.25) is 0 Å². The number of aromatic nitrogens is 3. The Hall–Kier alpha value is -0.900. The molecule has 1 atom stereocenters. The van der Waals surface area contributed by atoms with Crippen molar-refractivity contribution >= 4 is 0 Å². The summed E-state index contributed by atoms with van der Waals surface area (Å²) in [5.74, 6) is 5.20. The molecule has 4 fully saturated rings. The highest BCUT2D eigenvalue weighted by molar-refractivity contribution is 5.17. The minimum absolute atomic E-state index is 0.287. The fraction of sp³-hybridized carbons (Fsp3) is 0.867. The molecule has 4 aliphatic carbocycles. The van der Waals surface area contributed by atoms with Crippen LogP contribution in [0.5, 0.6) is 0 Å². The fourth-order valence-corrected chi connectivity index (χ4v) is 5.23. The second-order valence-electron chi connectivity index (χ2n) is 7.38. The lowest BCUT2D eigenvalue weighted by molar-refractivity contribution is -0.00926. The maximum Gasteiger partial charge on any atom is 0.156 e. The predicted molar refractivity (Wildman–Crippen MR) is 73.7 cm³/mol. The van der Waals surface area contributed by atoms with Gasteiger partial charge in [-0.3, -0.25) is 5.10 Å². The van der Waals surface area contributed by atoms with E-state index in [9.17, 15) is 0 Å². The number of nitrogens with zero attached hydrogens (tertiary/aromatic N) is 2. The lowest BCUT2D eigenvalue weighted by Crippen LogP contribution is -2.49. The van der Waals surface area contributed by atoms with E-state index in [2.05, 4.69) is 17.1 Å². The van der Waals surface area contributed by atoms with Gasteiger partial charge in [0.05, 0.1) is 0 Å². The Kier molecular flexibility index (Phi) is 2.53. The van der Waals surface area contributed by atoms with Crippen LogP contribution in [0.25, 0.3) is 0 Å². The van der Waals surface area contributed by atoms with E-state index in [1.165, 1.54) is 38.5 Å². The normalized spacial score (nSPS) is 41.7. The second kappa shape index (κ2) is 4.05. The Balaban J connectivity index is 1.66. The van der Waals surface area contributed by atoms with Crippen LogP contribution in [0.15, 0.2) is 0 Å². The minimum Gasteiger partial charge on any atom is -0.330 e. The first-order chi connectivity index (χ1) is 9.18. The molecular weight excluding hydrogens is 236 g/mol. The van der Waals surface area contributed by atoms with Gasteiger partial charge in [0.15, 0.2) is 5.82 Å². The first-order valence-electron chi connectivity index (χ1n) is 7.81. The number of nitrogens with two attached hydrogens (primary N) is 1. The molecular formula is C15H24N4. The standard InChI is InChI=1S/C15H24N4/c1-9(8-16)13-17-14(19-18-13)15-5-10-2-11(6-15)4-12(3-10)7-15/h9-12H,2-8,16H2,1H3,(H,17,18,19). The summed E-state index contributed by atoms with van der Waals surface area (Å²) in [4.78, 5) is 4.82. The molecule has 0 amide bonds. The van der Waals surface area contributed by atoms with E-state index in [-0.39, 0.29) is 5.92 Å². The van der Waals surface area contributed by atoms with Crippen LogP contribution < -0.4 is 5.73 Å². The zero-order chi connectivity index (χ0) is 13.0. The molecule has 3 N–H and O–H groups in total. The van der Waals surface area contributed by atoms with Crippen molar-refractivity contribution in [3.8, 4) is 0 Å². The molecule has 5 rings (SSSR count). The molecule has 19 heavy (non-hydrogen) atoms. The molecule has 1 heterocycles. The molecule has 1 unspecified atom stereocenters. The quantitative estimate of drug-likeness (QED) is 0.876. The van der Waals surface area contributed by atoms with Gasteiger partial charge in [0.25, 0.3) is 0 Å². The third-order valence-electron chi connectivity index (χ3n) is 5.84. The Morgan fingerprint density at radius 3 is 2.32 bits per heavy atom. The highest BCUT2D eigenvalue weighted by atomic mass is 15.2. The van der Waals surface area contributed by atoms with Crippen LogP contribution in [-0.4, -0.2) is 21.7 Å². The molecule has 1 aromatic rings. The van der Waals surface area contributed by atoms with Crippen molar-refractivity contribution in [2.75, 3.05) is 6.54 Å². The van der Waals surface area contributed by atoms with Gasteiger partial charge < -0.3 is 5.73 Å². The molecule has 0 saturated heterocycles. The van der Waals surface area contributed by atoms with Crippen LogP contribution in [-0.2, 0) is 5.41 Å². The van der Waals surface area contributed by atoms with Crippen molar-refractivity contribution in [3.05, 3.63) is 11.6 Å². The van der Waals surface area contributed by atoms with E-state index in [0.717, 1.165) is 29.4 Å². The minimum atomic E-state index is 0.287. The molecule has 0 aliphatic heterocycles. The molecule has 4 aliphatic rings. The molecule has 0 aromatic carbocycles. The van der Waals surface area contributed by atoms with Gasteiger partial charge in [-0.05, 0) is 56.3 Å². The largest absolute Gasteiger partial charge is 0.330 e. The van der Waals surface area contributed by atoms with Gasteiger partial charge in [-0.15, -0.1) is 0 Å². The summed E-state index contributed by atoms with van der Waals surface area (Å²) in [6.45, 7) is 2.75. The molecule has 4 bridgehead atoms. The van der Waals surface area contributed by atoms with Crippen LogP contribution in [0.4, 0.5) is 0 Å². The van der Waals surface area contributed by atoms with Crippen molar-refractivity contribution in [2.24, 2.45) is 23.5 Å². The van der Waals surface area contributed by atoms with Crippen LogP contribution in [0.3, 0.4) is 0 Å². The summed E-state index contributed by atoms with van der Waals surface area (Å²) in [6, 6.07) is 0. The number of aromatic amines is 1. The Morgan fingerprint density at radius 1 is 1.21 bits per heavy atom. The lowest BCUT2D eigenvalue weighted by Gasteiger charge is -2.55. The maximum atomic E-state index is 5.73. The summed E-state index contributed by atoms with van der Waals surface area (Å²) in [5.41, 5.74) is 6.04. The van der Waals surface area contributed by atoms with Gasteiger partial charge in [-0.25, -0.2) is 4.98 Å². The first-order valence-corrected chi connectivity index (χ1v) is 7.81. The molecule has 4 nitrogen and oxygen atoms in total. The first kappa shape index (κ1) is 11.9. The molecule has 0 spiro atoms. The van der Waals surface area contributed by atoms with Gasteiger partial charge in [-0.1, -0.05) is 6.92 Å². The number of rotatable bonds is 3.